The first-order valence-corrected chi connectivity index (χ1v) is 10.2. The minimum Gasteiger partial charge on any atom is -0.371 e. The topological polar surface area (TPSA) is 72.3 Å². The number of rotatable bonds is 4. The van der Waals surface area contributed by atoms with Gasteiger partial charge in [-0.1, -0.05) is 27.7 Å². The molecule has 150 valence electrons. The van der Waals surface area contributed by atoms with Crippen molar-refractivity contribution in [2.24, 2.45) is 11.3 Å². The van der Waals surface area contributed by atoms with Crippen LogP contribution in [0.5, 0.6) is 0 Å². The van der Waals surface area contributed by atoms with Crippen molar-refractivity contribution >= 4 is 5.52 Å². The predicted molar refractivity (Wildman–Crippen MR) is 107 cm³/mol. The van der Waals surface area contributed by atoms with Gasteiger partial charge in [-0.2, -0.15) is 0 Å². The van der Waals surface area contributed by atoms with E-state index in [1.165, 1.54) is 12.8 Å². The van der Waals surface area contributed by atoms with Crippen LogP contribution in [0.4, 0.5) is 0 Å². The number of aromatic nitrogens is 4. The number of imidazole rings is 1. The molecule has 27 heavy (non-hydrogen) atoms. The summed E-state index contributed by atoms with van der Waals surface area (Å²) in [5, 5.41) is 4.76. The lowest BCUT2D eigenvalue weighted by atomic mass is 9.70. The molecule has 2 heterocycles. The molecule has 0 saturated heterocycles. The highest BCUT2D eigenvalue weighted by atomic mass is 16.5. The molecule has 6 nitrogen and oxygen atoms in total. The SMILES string of the molecule is CCc1nc(C2CCC(C(C)(C)C)CC2)n2nc(C(C)(C)OC)[nH]c(=O)c12. The molecule has 0 amide bonds. The van der Waals surface area contributed by atoms with Gasteiger partial charge in [-0.05, 0) is 57.3 Å². The fraction of sp³-hybridized carbons (Fsp3) is 0.762. The van der Waals surface area contributed by atoms with Crippen molar-refractivity contribution in [3.05, 3.63) is 27.7 Å². The largest absolute Gasteiger partial charge is 0.371 e. The van der Waals surface area contributed by atoms with E-state index >= 15 is 0 Å². The number of H-pyrrole nitrogens is 1. The lowest BCUT2D eigenvalue weighted by Crippen LogP contribution is -2.30. The van der Waals surface area contributed by atoms with E-state index in [1.54, 1.807) is 11.6 Å². The van der Waals surface area contributed by atoms with Crippen LogP contribution >= 0.6 is 0 Å². The Morgan fingerprint density at radius 2 is 1.78 bits per heavy atom. The number of aromatic amines is 1. The van der Waals surface area contributed by atoms with Gasteiger partial charge in [0.05, 0.1) is 5.69 Å². The van der Waals surface area contributed by atoms with Gasteiger partial charge in [-0.3, -0.25) is 4.79 Å². The predicted octanol–water partition coefficient (Wildman–Crippen LogP) is 4.18. The average molecular weight is 375 g/mol. The summed E-state index contributed by atoms with van der Waals surface area (Å²) in [5.74, 6) is 2.56. The van der Waals surface area contributed by atoms with Crippen LogP contribution in [0.3, 0.4) is 0 Å². The number of nitrogens with zero attached hydrogens (tertiary/aromatic N) is 3. The van der Waals surface area contributed by atoms with Crippen molar-refractivity contribution in [1.29, 1.82) is 0 Å². The van der Waals surface area contributed by atoms with E-state index < -0.39 is 5.60 Å². The Morgan fingerprint density at radius 1 is 1.15 bits per heavy atom. The Bertz CT molecular complexity index is 865. The van der Waals surface area contributed by atoms with Crippen molar-refractivity contribution in [2.75, 3.05) is 7.11 Å². The second kappa shape index (κ2) is 7.04. The molecule has 0 atom stereocenters. The molecule has 1 N–H and O–H groups in total. The second-order valence-electron chi connectivity index (χ2n) is 9.46. The smallest absolute Gasteiger partial charge is 0.277 e. The minimum absolute atomic E-state index is 0.135. The molecule has 3 rings (SSSR count). The zero-order valence-corrected chi connectivity index (χ0v) is 17.8. The number of nitrogens with one attached hydrogen (secondary N) is 1. The molecule has 2 aromatic heterocycles. The Balaban J connectivity index is 2.05. The lowest BCUT2D eigenvalue weighted by Gasteiger charge is -2.36. The van der Waals surface area contributed by atoms with Gasteiger partial charge < -0.3 is 9.72 Å². The van der Waals surface area contributed by atoms with Crippen LogP contribution in [0.25, 0.3) is 5.52 Å². The number of ether oxygens (including phenoxy) is 1. The Kier molecular flexibility index (Phi) is 5.23. The quantitative estimate of drug-likeness (QED) is 0.871. The molecule has 1 aliphatic carbocycles. The van der Waals surface area contributed by atoms with E-state index in [0.717, 1.165) is 36.7 Å². The number of hydrogen-bond donors (Lipinski definition) is 1. The van der Waals surface area contributed by atoms with Gasteiger partial charge in [-0.15, -0.1) is 5.10 Å². The fourth-order valence-corrected chi connectivity index (χ4v) is 4.19. The van der Waals surface area contributed by atoms with E-state index in [0.29, 0.717) is 22.7 Å². The summed E-state index contributed by atoms with van der Waals surface area (Å²) in [6.07, 6.45) is 5.32. The molecule has 0 aliphatic heterocycles. The Morgan fingerprint density at radius 3 is 2.30 bits per heavy atom. The normalized spacial score (nSPS) is 21.7. The molecule has 2 aromatic rings. The second-order valence-corrected chi connectivity index (χ2v) is 9.46. The van der Waals surface area contributed by atoms with Gasteiger partial charge in [0.2, 0.25) is 0 Å². The third kappa shape index (κ3) is 3.68. The molecule has 0 bridgehead atoms. The molecule has 0 radical (unpaired) electrons. The van der Waals surface area contributed by atoms with Gasteiger partial charge >= 0.3 is 0 Å². The van der Waals surface area contributed by atoms with Crippen molar-refractivity contribution in [1.82, 2.24) is 19.6 Å². The summed E-state index contributed by atoms with van der Waals surface area (Å²) in [6.45, 7) is 12.8. The first kappa shape index (κ1) is 20.1. The number of fused-ring (bicyclic) bond motifs is 1. The summed E-state index contributed by atoms with van der Waals surface area (Å²) < 4.78 is 7.33. The van der Waals surface area contributed by atoms with Crippen LogP contribution in [-0.4, -0.2) is 26.7 Å². The van der Waals surface area contributed by atoms with Gasteiger partial charge in [0.1, 0.15) is 11.4 Å². The Labute approximate surface area is 161 Å². The zero-order chi connectivity index (χ0) is 20.0. The first-order valence-electron chi connectivity index (χ1n) is 10.2. The van der Waals surface area contributed by atoms with Crippen molar-refractivity contribution in [3.8, 4) is 0 Å². The number of methoxy groups -OCH3 is 1. The lowest BCUT2D eigenvalue weighted by molar-refractivity contribution is 0.0101. The van der Waals surface area contributed by atoms with E-state index in [2.05, 4.69) is 25.8 Å². The average Bonchev–Trinajstić information content (AvgIpc) is 3.00. The summed E-state index contributed by atoms with van der Waals surface area (Å²) >= 11 is 0. The molecule has 0 aromatic carbocycles. The van der Waals surface area contributed by atoms with E-state index in [4.69, 9.17) is 14.8 Å². The van der Waals surface area contributed by atoms with Gasteiger partial charge in [0.25, 0.3) is 5.56 Å². The zero-order valence-electron chi connectivity index (χ0n) is 17.8. The van der Waals surface area contributed by atoms with Crippen LogP contribution in [0, 0.1) is 11.3 Å². The van der Waals surface area contributed by atoms with E-state index in [-0.39, 0.29) is 5.56 Å². The van der Waals surface area contributed by atoms with Crippen LogP contribution in [0.1, 0.15) is 90.5 Å². The standard InChI is InChI=1S/C21H34N4O2/c1-8-15-16-18(26)23-19(21(5,6)27-7)24-25(16)17(22-15)13-9-11-14(12-10-13)20(2,3)4/h13-14H,8-12H2,1-7H3,(H,23,24,26). The summed E-state index contributed by atoms with van der Waals surface area (Å²) in [7, 11) is 1.63. The maximum Gasteiger partial charge on any atom is 0.277 e. The number of aryl methyl sites for hydroxylation is 1. The maximum atomic E-state index is 12.8. The molecular formula is C21H34N4O2. The molecule has 0 unspecified atom stereocenters. The third-order valence-electron chi connectivity index (χ3n) is 6.33. The van der Waals surface area contributed by atoms with Crippen molar-refractivity contribution in [3.63, 3.8) is 0 Å². The van der Waals surface area contributed by atoms with E-state index in [1.807, 2.05) is 20.8 Å². The Hall–Kier alpha value is -1.69. The van der Waals surface area contributed by atoms with Gasteiger partial charge in [0.15, 0.2) is 11.3 Å². The molecular weight excluding hydrogens is 340 g/mol. The van der Waals surface area contributed by atoms with Gasteiger partial charge in [0, 0.05) is 13.0 Å². The van der Waals surface area contributed by atoms with Crippen LogP contribution < -0.4 is 5.56 Å². The van der Waals surface area contributed by atoms with Crippen LogP contribution in [0.2, 0.25) is 0 Å². The highest BCUT2D eigenvalue weighted by Gasteiger charge is 2.33. The third-order valence-corrected chi connectivity index (χ3v) is 6.33. The summed E-state index contributed by atoms with van der Waals surface area (Å²) in [6, 6.07) is 0. The fourth-order valence-electron chi connectivity index (χ4n) is 4.19. The van der Waals surface area contributed by atoms with Crippen LogP contribution in [0.15, 0.2) is 4.79 Å². The maximum absolute atomic E-state index is 12.8. The molecule has 1 fully saturated rings. The van der Waals surface area contributed by atoms with E-state index in [9.17, 15) is 4.79 Å². The van der Waals surface area contributed by atoms with Crippen LogP contribution in [-0.2, 0) is 16.8 Å². The molecule has 1 saturated carbocycles. The van der Waals surface area contributed by atoms with Crippen molar-refractivity contribution < 1.29 is 4.74 Å². The minimum atomic E-state index is -0.662. The summed E-state index contributed by atoms with van der Waals surface area (Å²) in [4.78, 5) is 20.6. The van der Waals surface area contributed by atoms with Crippen molar-refractivity contribution in [2.45, 2.75) is 85.2 Å². The molecule has 0 spiro atoms. The summed E-state index contributed by atoms with van der Waals surface area (Å²) in [5.41, 5.74) is 0.966. The highest BCUT2D eigenvalue weighted by molar-refractivity contribution is 5.51. The monoisotopic (exact) mass is 374 g/mol. The highest BCUT2D eigenvalue weighted by Crippen LogP contribution is 2.43. The van der Waals surface area contributed by atoms with Gasteiger partial charge in [-0.25, -0.2) is 9.50 Å². The molecule has 6 heteroatoms. The molecule has 1 aliphatic rings. The first-order chi connectivity index (χ1) is 12.6. The number of hydrogen-bond acceptors (Lipinski definition) is 4.